The Morgan fingerprint density at radius 2 is 2.05 bits per heavy atom. The molecule has 1 saturated carbocycles. The summed E-state index contributed by atoms with van der Waals surface area (Å²) in [6, 6.07) is 0.601. The van der Waals surface area contributed by atoms with E-state index in [1.807, 2.05) is 11.9 Å². The molecule has 0 aromatic heterocycles. The minimum absolute atomic E-state index is 0.0326. The summed E-state index contributed by atoms with van der Waals surface area (Å²) in [6.45, 7) is 7.53. The van der Waals surface area contributed by atoms with E-state index in [4.69, 9.17) is 5.73 Å². The van der Waals surface area contributed by atoms with Crippen LogP contribution in [0, 0.1) is 11.8 Å². The molecule has 0 aromatic rings. The molecular weight excluding hydrogens is 250 g/mol. The minimum atomic E-state index is 0.0326. The molecule has 0 radical (unpaired) electrons. The van der Waals surface area contributed by atoms with E-state index < -0.39 is 0 Å². The lowest BCUT2D eigenvalue weighted by Gasteiger charge is -2.37. The second kappa shape index (κ2) is 6.90. The van der Waals surface area contributed by atoms with Gasteiger partial charge in [0.1, 0.15) is 0 Å². The Balaban J connectivity index is 1.94. The molecule has 2 aliphatic rings. The largest absolute Gasteiger partial charge is 0.344 e. The number of nitrogens with zero attached hydrogens (tertiary/aromatic N) is 2. The van der Waals surface area contributed by atoms with Crippen LogP contribution in [0.1, 0.15) is 46.0 Å². The van der Waals surface area contributed by atoms with Crippen LogP contribution in [0.5, 0.6) is 0 Å². The normalized spacial score (nSPS) is 35.2. The van der Waals surface area contributed by atoms with Crippen LogP contribution in [0.4, 0.5) is 0 Å². The number of carbonyl (C=O) groups is 1. The van der Waals surface area contributed by atoms with Crippen molar-refractivity contribution in [2.45, 2.75) is 58.0 Å². The fourth-order valence-corrected chi connectivity index (χ4v) is 4.06. The van der Waals surface area contributed by atoms with Crippen LogP contribution in [0.2, 0.25) is 0 Å². The molecule has 4 nitrogen and oxygen atoms in total. The molecule has 2 N–H and O–H groups in total. The van der Waals surface area contributed by atoms with Gasteiger partial charge in [0.25, 0.3) is 0 Å². The standard InChI is InChI=1S/C16H31N3O/c1-4-19-10-6-8-13(19)11-18(3)16(20)15-12(2)7-5-9-14(15)17/h12-15H,4-11,17H2,1-3H3. The number of rotatable bonds is 4. The highest BCUT2D eigenvalue weighted by molar-refractivity contribution is 5.79. The number of amides is 1. The van der Waals surface area contributed by atoms with E-state index in [9.17, 15) is 4.79 Å². The van der Waals surface area contributed by atoms with Gasteiger partial charge in [-0.1, -0.05) is 20.3 Å². The van der Waals surface area contributed by atoms with Crippen molar-refractivity contribution < 1.29 is 4.79 Å². The lowest BCUT2D eigenvalue weighted by Crippen LogP contribution is -2.50. The third-order valence-corrected chi connectivity index (χ3v) is 5.32. The molecule has 2 fully saturated rings. The Morgan fingerprint density at radius 1 is 1.30 bits per heavy atom. The van der Waals surface area contributed by atoms with E-state index in [0.29, 0.717) is 12.0 Å². The molecule has 0 bridgehead atoms. The summed E-state index contributed by atoms with van der Waals surface area (Å²) in [5, 5.41) is 0. The molecule has 2 rings (SSSR count). The number of nitrogens with two attached hydrogens (primary N) is 1. The molecule has 4 heteroatoms. The van der Waals surface area contributed by atoms with Gasteiger partial charge in [-0.3, -0.25) is 9.69 Å². The van der Waals surface area contributed by atoms with E-state index in [2.05, 4.69) is 18.7 Å². The zero-order chi connectivity index (χ0) is 14.7. The van der Waals surface area contributed by atoms with Gasteiger partial charge in [-0.15, -0.1) is 0 Å². The molecule has 4 unspecified atom stereocenters. The van der Waals surface area contributed by atoms with Crippen LogP contribution in [0.25, 0.3) is 0 Å². The van der Waals surface area contributed by atoms with E-state index in [1.54, 1.807) is 0 Å². The number of hydrogen-bond donors (Lipinski definition) is 1. The second-order valence-electron chi connectivity index (χ2n) is 6.74. The smallest absolute Gasteiger partial charge is 0.227 e. The van der Waals surface area contributed by atoms with Crippen LogP contribution in [-0.2, 0) is 4.79 Å². The summed E-state index contributed by atoms with van der Waals surface area (Å²) in [4.78, 5) is 17.2. The average Bonchev–Trinajstić information content (AvgIpc) is 2.85. The van der Waals surface area contributed by atoms with Crippen LogP contribution in [0.3, 0.4) is 0 Å². The maximum absolute atomic E-state index is 12.7. The minimum Gasteiger partial charge on any atom is -0.344 e. The predicted octanol–water partition coefficient (Wildman–Crippen LogP) is 1.69. The van der Waals surface area contributed by atoms with E-state index >= 15 is 0 Å². The van der Waals surface area contributed by atoms with Gasteiger partial charge in [0.05, 0.1) is 5.92 Å². The van der Waals surface area contributed by atoms with Gasteiger partial charge >= 0.3 is 0 Å². The average molecular weight is 281 g/mol. The summed E-state index contributed by atoms with van der Waals surface area (Å²) in [7, 11) is 1.96. The van der Waals surface area contributed by atoms with Crippen molar-refractivity contribution in [3.8, 4) is 0 Å². The summed E-state index contributed by atoms with van der Waals surface area (Å²) in [6.07, 6.45) is 5.79. The molecule has 0 spiro atoms. The molecule has 4 atom stereocenters. The lowest BCUT2D eigenvalue weighted by atomic mass is 9.76. The van der Waals surface area contributed by atoms with Gasteiger partial charge in [-0.05, 0) is 44.7 Å². The Morgan fingerprint density at radius 3 is 2.70 bits per heavy atom. The third-order valence-electron chi connectivity index (χ3n) is 5.32. The van der Waals surface area contributed by atoms with E-state index in [0.717, 1.165) is 25.9 Å². The fourth-order valence-electron chi connectivity index (χ4n) is 4.06. The van der Waals surface area contributed by atoms with Crippen LogP contribution in [-0.4, -0.2) is 54.5 Å². The monoisotopic (exact) mass is 281 g/mol. The van der Waals surface area contributed by atoms with Gasteiger partial charge in [0.2, 0.25) is 5.91 Å². The van der Waals surface area contributed by atoms with Crippen LogP contribution in [0.15, 0.2) is 0 Å². The van der Waals surface area contributed by atoms with Crippen LogP contribution < -0.4 is 5.73 Å². The molecule has 116 valence electrons. The predicted molar refractivity (Wildman–Crippen MR) is 82.4 cm³/mol. The Kier molecular flexibility index (Phi) is 5.44. The number of hydrogen-bond acceptors (Lipinski definition) is 3. The van der Waals surface area contributed by atoms with Crippen molar-refractivity contribution in [1.82, 2.24) is 9.80 Å². The molecule has 1 amide bonds. The van der Waals surface area contributed by atoms with E-state index in [1.165, 1.54) is 25.8 Å². The van der Waals surface area contributed by atoms with Crippen LogP contribution >= 0.6 is 0 Å². The third kappa shape index (κ3) is 3.34. The lowest BCUT2D eigenvalue weighted by molar-refractivity contribution is -0.138. The van der Waals surface area contributed by atoms with Crippen molar-refractivity contribution in [1.29, 1.82) is 0 Å². The molecule has 1 saturated heterocycles. The SMILES string of the molecule is CCN1CCCC1CN(C)C(=O)C1C(C)CCCC1N. The first-order valence-electron chi connectivity index (χ1n) is 8.29. The van der Waals surface area contributed by atoms with Gasteiger partial charge in [-0.2, -0.15) is 0 Å². The first kappa shape index (κ1) is 15.8. The zero-order valence-corrected chi connectivity index (χ0v) is 13.3. The quantitative estimate of drug-likeness (QED) is 0.853. The molecule has 0 aromatic carbocycles. The Hall–Kier alpha value is -0.610. The number of carbonyl (C=O) groups excluding carboxylic acids is 1. The Labute approximate surface area is 123 Å². The van der Waals surface area contributed by atoms with E-state index in [-0.39, 0.29) is 17.9 Å². The second-order valence-corrected chi connectivity index (χ2v) is 6.74. The highest BCUT2D eigenvalue weighted by Crippen LogP contribution is 2.30. The summed E-state index contributed by atoms with van der Waals surface area (Å²) in [5.74, 6) is 0.734. The first-order valence-corrected chi connectivity index (χ1v) is 8.29. The Bertz CT molecular complexity index is 324. The maximum Gasteiger partial charge on any atom is 0.227 e. The van der Waals surface area contributed by atoms with Crippen molar-refractivity contribution in [3.63, 3.8) is 0 Å². The van der Waals surface area contributed by atoms with Crippen molar-refractivity contribution in [3.05, 3.63) is 0 Å². The molecule has 20 heavy (non-hydrogen) atoms. The molecule has 1 heterocycles. The number of likely N-dealkylation sites (N-methyl/N-ethyl adjacent to an activating group) is 2. The number of likely N-dealkylation sites (tertiary alicyclic amines) is 1. The van der Waals surface area contributed by atoms with Gasteiger partial charge in [-0.25, -0.2) is 0 Å². The van der Waals surface area contributed by atoms with Crippen molar-refractivity contribution in [2.75, 3.05) is 26.7 Å². The molecule has 1 aliphatic heterocycles. The van der Waals surface area contributed by atoms with Gasteiger partial charge in [0.15, 0.2) is 0 Å². The molecule has 1 aliphatic carbocycles. The summed E-state index contributed by atoms with van der Waals surface area (Å²) < 4.78 is 0. The van der Waals surface area contributed by atoms with Crippen molar-refractivity contribution in [2.24, 2.45) is 17.6 Å². The fraction of sp³-hybridized carbons (Fsp3) is 0.938. The topological polar surface area (TPSA) is 49.6 Å². The highest BCUT2D eigenvalue weighted by Gasteiger charge is 2.36. The summed E-state index contributed by atoms with van der Waals surface area (Å²) >= 11 is 0. The van der Waals surface area contributed by atoms with Gasteiger partial charge in [0, 0.05) is 25.7 Å². The maximum atomic E-state index is 12.7. The summed E-state index contributed by atoms with van der Waals surface area (Å²) in [5.41, 5.74) is 6.21. The molecular formula is C16H31N3O. The highest BCUT2D eigenvalue weighted by atomic mass is 16.2. The van der Waals surface area contributed by atoms with Crippen molar-refractivity contribution >= 4 is 5.91 Å². The van der Waals surface area contributed by atoms with Gasteiger partial charge < -0.3 is 10.6 Å². The zero-order valence-electron chi connectivity index (χ0n) is 13.3. The first-order chi connectivity index (χ1) is 9.54.